The number of benzene rings is 1. The van der Waals surface area contributed by atoms with E-state index in [0.717, 1.165) is 18.4 Å². The fraction of sp³-hybridized carbons (Fsp3) is 0.429. The lowest BCUT2D eigenvalue weighted by atomic mass is 10.2. The Bertz CT molecular complexity index is 519. The molecule has 0 bridgehead atoms. The maximum Gasteiger partial charge on any atom is 0.240 e. The van der Waals surface area contributed by atoms with E-state index in [2.05, 4.69) is 17.1 Å². The fourth-order valence-electron chi connectivity index (χ4n) is 1.63. The molecule has 5 heteroatoms. The standard InChI is InChI=1S/C14H21NO2S2/c1-12-6-8-14(9-7-12)19(16,17)15-10-4-5-13(2)11-18-3/h6-9,11,15H,4-5,10H2,1-3H3/b13-11+. The number of aryl methyl sites for hydroxylation is 1. The molecule has 19 heavy (non-hydrogen) atoms. The molecule has 1 aromatic rings. The minimum Gasteiger partial charge on any atom is -0.211 e. The average molecular weight is 299 g/mol. The van der Waals surface area contributed by atoms with Crippen molar-refractivity contribution in [2.75, 3.05) is 12.8 Å². The third-order valence-corrected chi connectivity index (χ3v) is 4.81. The maximum absolute atomic E-state index is 12.0. The van der Waals surface area contributed by atoms with E-state index in [-0.39, 0.29) is 0 Å². The van der Waals surface area contributed by atoms with Crippen molar-refractivity contribution in [3.8, 4) is 0 Å². The minimum atomic E-state index is -3.36. The van der Waals surface area contributed by atoms with Crippen molar-refractivity contribution < 1.29 is 8.42 Å². The molecule has 0 aromatic heterocycles. The highest BCUT2D eigenvalue weighted by Crippen LogP contribution is 2.11. The summed E-state index contributed by atoms with van der Waals surface area (Å²) >= 11 is 1.67. The number of thioether (sulfide) groups is 1. The normalized spacial score (nSPS) is 12.7. The first-order valence-corrected chi connectivity index (χ1v) is 8.97. The van der Waals surface area contributed by atoms with Gasteiger partial charge in [-0.15, -0.1) is 11.8 Å². The second-order valence-corrected chi connectivity index (χ2v) is 6.99. The second-order valence-electron chi connectivity index (χ2n) is 4.51. The number of hydrogen-bond acceptors (Lipinski definition) is 3. The smallest absolute Gasteiger partial charge is 0.211 e. The molecule has 1 aromatic carbocycles. The van der Waals surface area contributed by atoms with Crippen LogP contribution in [0, 0.1) is 6.92 Å². The number of nitrogens with one attached hydrogen (secondary N) is 1. The van der Waals surface area contributed by atoms with Crippen molar-refractivity contribution in [1.82, 2.24) is 4.72 Å². The Labute approximate surface area is 120 Å². The highest BCUT2D eigenvalue weighted by Gasteiger charge is 2.12. The average Bonchev–Trinajstić information content (AvgIpc) is 2.36. The number of sulfonamides is 1. The van der Waals surface area contributed by atoms with Gasteiger partial charge in [0.15, 0.2) is 0 Å². The van der Waals surface area contributed by atoms with Crippen LogP contribution in [0.3, 0.4) is 0 Å². The van der Waals surface area contributed by atoms with E-state index in [4.69, 9.17) is 0 Å². The topological polar surface area (TPSA) is 46.2 Å². The van der Waals surface area contributed by atoms with Crippen LogP contribution in [0.2, 0.25) is 0 Å². The summed E-state index contributed by atoms with van der Waals surface area (Å²) in [6, 6.07) is 6.88. The van der Waals surface area contributed by atoms with E-state index in [1.165, 1.54) is 5.57 Å². The van der Waals surface area contributed by atoms with E-state index in [1.54, 1.807) is 36.0 Å². The van der Waals surface area contributed by atoms with Crippen LogP contribution in [0.15, 0.2) is 40.1 Å². The molecule has 0 heterocycles. The molecule has 0 saturated carbocycles. The van der Waals surface area contributed by atoms with Gasteiger partial charge in [0.05, 0.1) is 4.90 Å². The van der Waals surface area contributed by atoms with Crippen LogP contribution in [0.4, 0.5) is 0 Å². The molecule has 0 amide bonds. The van der Waals surface area contributed by atoms with Crippen molar-refractivity contribution >= 4 is 21.8 Å². The van der Waals surface area contributed by atoms with Gasteiger partial charge in [-0.05, 0) is 50.5 Å². The monoisotopic (exact) mass is 299 g/mol. The largest absolute Gasteiger partial charge is 0.240 e. The highest BCUT2D eigenvalue weighted by molar-refractivity contribution is 8.01. The van der Waals surface area contributed by atoms with E-state index in [9.17, 15) is 8.42 Å². The van der Waals surface area contributed by atoms with Crippen molar-refractivity contribution in [3.63, 3.8) is 0 Å². The number of rotatable bonds is 7. The molecule has 1 N–H and O–H groups in total. The Morgan fingerprint density at radius 2 is 1.95 bits per heavy atom. The molecule has 0 aliphatic carbocycles. The Morgan fingerprint density at radius 3 is 2.53 bits per heavy atom. The minimum absolute atomic E-state index is 0.328. The van der Waals surface area contributed by atoms with Crippen LogP contribution in [-0.2, 0) is 10.0 Å². The molecule has 0 saturated heterocycles. The number of allylic oxidation sites excluding steroid dienone is 1. The molecule has 0 unspecified atom stereocenters. The third kappa shape index (κ3) is 5.80. The summed E-state index contributed by atoms with van der Waals surface area (Å²) in [5, 5.41) is 2.09. The Morgan fingerprint density at radius 1 is 1.32 bits per heavy atom. The molecular weight excluding hydrogens is 278 g/mol. The molecule has 0 aliphatic rings. The first kappa shape index (κ1) is 16.3. The quantitative estimate of drug-likeness (QED) is 0.786. The van der Waals surface area contributed by atoms with E-state index >= 15 is 0 Å². The zero-order valence-corrected chi connectivity index (χ0v) is 13.3. The summed E-state index contributed by atoms with van der Waals surface area (Å²) in [4.78, 5) is 0.328. The second kappa shape index (κ2) is 7.72. The van der Waals surface area contributed by atoms with Gasteiger partial charge in [0.1, 0.15) is 0 Å². The molecule has 3 nitrogen and oxygen atoms in total. The van der Waals surface area contributed by atoms with Gasteiger partial charge < -0.3 is 0 Å². The lowest BCUT2D eigenvalue weighted by Crippen LogP contribution is -2.24. The summed E-state index contributed by atoms with van der Waals surface area (Å²) in [6.07, 6.45) is 3.74. The third-order valence-electron chi connectivity index (χ3n) is 2.69. The van der Waals surface area contributed by atoms with Crippen LogP contribution in [0.5, 0.6) is 0 Å². The van der Waals surface area contributed by atoms with Crippen molar-refractivity contribution in [3.05, 3.63) is 40.8 Å². The molecule has 0 spiro atoms. The van der Waals surface area contributed by atoms with E-state index < -0.39 is 10.0 Å². The molecule has 0 radical (unpaired) electrons. The van der Waals surface area contributed by atoms with Gasteiger partial charge in [0.25, 0.3) is 0 Å². The summed E-state index contributed by atoms with van der Waals surface area (Å²) in [7, 11) is -3.36. The van der Waals surface area contributed by atoms with E-state index in [1.807, 2.05) is 13.2 Å². The highest BCUT2D eigenvalue weighted by atomic mass is 32.2. The summed E-state index contributed by atoms with van der Waals surface area (Å²) in [5.41, 5.74) is 2.33. The van der Waals surface area contributed by atoms with Gasteiger partial charge in [-0.3, -0.25) is 0 Å². The van der Waals surface area contributed by atoms with E-state index in [0.29, 0.717) is 11.4 Å². The summed E-state index contributed by atoms with van der Waals surface area (Å²) in [6.45, 7) is 4.46. The predicted octanol–water partition coefficient (Wildman–Crippen LogP) is 3.32. The Hall–Kier alpha value is -0.780. The maximum atomic E-state index is 12.0. The molecule has 0 aliphatic heterocycles. The Balaban J connectivity index is 2.48. The predicted molar refractivity (Wildman–Crippen MR) is 82.9 cm³/mol. The van der Waals surface area contributed by atoms with Crippen LogP contribution >= 0.6 is 11.8 Å². The molecule has 1 rings (SSSR count). The molecular formula is C14H21NO2S2. The van der Waals surface area contributed by atoms with Gasteiger partial charge in [-0.2, -0.15) is 0 Å². The first-order valence-electron chi connectivity index (χ1n) is 6.20. The summed E-state index contributed by atoms with van der Waals surface area (Å²) < 4.78 is 26.6. The van der Waals surface area contributed by atoms with Crippen molar-refractivity contribution in [2.24, 2.45) is 0 Å². The van der Waals surface area contributed by atoms with Gasteiger partial charge in [0, 0.05) is 6.54 Å². The molecule has 0 atom stereocenters. The molecule has 106 valence electrons. The van der Waals surface area contributed by atoms with Crippen LogP contribution in [-0.4, -0.2) is 21.2 Å². The zero-order valence-electron chi connectivity index (χ0n) is 11.6. The lowest BCUT2D eigenvalue weighted by molar-refractivity contribution is 0.579. The molecule has 0 fully saturated rings. The van der Waals surface area contributed by atoms with Crippen LogP contribution in [0.25, 0.3) is 0 Å². The zero-order chi connectivity index (χ0) is 14.3. The van der Waals surface area contributed by atoms with Gasteiger partial charge in [-0.25, -0.2) is 13.1 Å². The SMILES string of the molecule is CS/C=C(\C)CCCNS(=O)(=O)c1ccc(C)cc1. The van der Waals surface area contributed by atoms with Crippen LogP contribution < -0.4 is 4.72 Å². The number of hydrogen-bond donors (Lipinski definition) is 1. The van der Waals surface area contributed by atoms with Gasteiger partial charge >= 0.3 is 0 Å². The first-order chi connectivity index (χ1) is 8.95. The van der Waals surface area contributed by atoms with Crippen molar-refractivity contribution in [1.29, 1.82) is 0 Å². The summed E-state index contributed by atoms with van der Waals surface area (Å²) in [5.74, 6) is 0. The van der Waals surface area contributed by atoms with Crippen molar-refractivity contribution in [2.45, 2.75) is 31.6 Å². The van der Waals surface area contributed by atoms with Crippen LogP contribution in [0.1, 0.15) is 25.3 Å². The fourth-order valence-corrected chi connectivity index (χ4v) is 3.23. The lowest BCUT2D eigenvalue weighted by Gasteiger charge is -2.07. The Kier molecular flexibility index (Phi) is 6.62. The van der Waals surface area contributed by atoms with Gasteiger partial charge in [-0.1, -0.05) is 23.3 Å². The van der Waals surface area contributed by atoms with Gasteiger partial charge in [0.2, 0.25) is 10.0 Å².